The first kappa shape index (κ1) is 12.0. The highest BCUT2D eigenvalue weighted by Crippen LogP contribution is 2.14. The van der Waals surface area contributed by atoms with Gasteiger partial charge < -0.3 is 14.3 Å². The molecule has 0 aliphatic rings. The Hall–Kier alpha value is -2.04. The quantitative estimate of drug-likeness (QED) is 0.437. The zero-order chi connectivity index (χ0) is 12.0. The molecule has 0 N–H and O–H groups in total. The Balaban J connectivity index is 3.11. The summed E-state index contributed by atoms with van der Waals surface area (Å²) in [4.78, 5) is 16.0. The second kappa shape index (κ2) is 5.75. The monoisotopic (exact) mass is 223 g/mol. The van der Waals surface area contributed by atoms with Crippen molar-refractivity contribution in [2.24, 2.45) is 5.16 Å². The van der Waals surface area contributed by atoms with Crippen LogP contribution in [0.15, 0.2) is 29.4 Å². The van der Waals surface area contributed by atoms with Gasteiger partial charge in [0.15, 0.2) is 5.71 Å². The van der Waals surface area contributed by atoms with Crippen LogP contribution in [0.4, 0.5) is 0 Å². The SMILES string of the molecule is CO/N=C(/C(=O)OC)c1cccc(OC)c1. The summed E-state index contributed by atoms with van der Waals surface area (Å²) in [5.74, 6) is 0.0697. The van der Waals surface area contributed by atoms with E-state index >= 15 is 0 Å². The van der Waals surface area contributed by atoms with Gasteiger partial charge in [-0.15, -0.1) is 0 Å². The van der Waals surface area contributed by atoms with Crippen molar-refractivity contribution < 1.29 is 19.1 Å². The number of hydrogen-bond acceptors (Lipinski definition) is 5. The van der Waals surface area contributed by atoms with Gasteiger partial charge in [-0.25, -0.2) is 4.79 Å². The van der Waals surface area contributed by atoms with Crippen LogP contribution in [0.2, 0.25) is 0 Å². The van der Waals surface area contributed by atoms with Crippen LogP contribution >= 0.6 is 0 Å². The van der Waals surface area contributed by atoms with E-state index in [1.807, 2.05) is 0 Å². The van der Waals surface area contributed by atoms with Gasteiger partial charge in [-0.3, -0.25) is 0 Å². The van der Waals surface area contributed by atoms with Crippen molar-refractivity contribution in [3.8, 4) is 5.75 Å². The number of carbonyl (C=O) groups excluding carboxylic acids is 1. The van der Waals surface area contributed by atoms with E-state index in [-0.39, 0.29) is 5.71 Å². The van der Waals surface area contributed by atoms with Crippen molar-refractivity contribution in [2.45, 2.75) is 0 Å². The summed E-state index contributed by atoms with van der Waals surface area (Å²) < 4.78 is 9.65. The summed E-state index contributed by atoms with van der Waals surface area (Å²) in [6.45, 7) is 0. The van der Waals surface area contributed by atoms with E-state index in [1.165, 1.54) is 14.2 Å². The maximum atomic E-state index is 11.4. The molecule has 0 spiro atoms. The fraction of sp³-hybridized carbons (Fsp3) is 0.273. The van der Waals surface area contributed by atoms with Crippen LogP contribution in [0.25, 0.3) is 0 Å². The fourth-order valence-electron chi connectivity index (χ4n) is 1.17. The van der Waals surface area contributed by atoms with Crippen molar-refractivity contribution >= 4 is 11.7 Å². The predicted octanol–water partition coefficient (Wildman–Crippen LogP) is 1.22. The van der Waals surface area contributed by atoms with Crippen LogP contribution in [-0.4, -0.2) is 33.0 Å². The topological polar surface area (TPSA) is 57.1 Å². The van der Waals surface area contributed by atoms with Gasteiger partial charge >= 0.3 is 5.97 Å². The van der Waals surface area contributed by atoms with Crippen LogP contribution in [0.5, 0.6) is 5.75 Å². The summed E-state index contributed by atoms with van der Waals surface area (Å²) >= 11 is 0. The molecule has 0 aliphatic heterocycles. The average Bonchev–Trinajstić information content (AvgIpc) is 2.35. The summed E-state index contributed by atoms with van der Waals surface area (Å²) in [6, 6.07) is 6.92. The molecule has 16 heavy (non-hydrogen) atoms. The van der Waals surface area contributed by atoms with Crippen molar-refractivity contribution in [3.63, 3.8) is 0 Å². The molecule has 86 valence electrons. The molecule has 0 bridgehead atoms. The third-order valence-corrected chi connectivity index (χ3v) is 1.90. The molecule has 0 aromatic heterocycles. The van der Waals surface area contributed by atoms with Crippen LogP contribution in [0.3, 0.4) is 0 Å². The lowest BCUT2D eigenvalue weighted by atomic mass is 10.1. The molecule has 5 heteroatoms. The largest absolute Gasteiger partial charge is 0.497 e. The maximum Gasteiger partial charge on any atom is 0.360 e. The molecular weight excluding hydrogens is 210 g/mol. The minimum Gasteiger partial charge on any atom is -0.497 e. The molecule has 0 saturated carbocycles. The Labute approximate surface area is 93.6 Å². The lowest BCUT2D eigenvalue weighted by molar-refractivity contribution is -0.132. The molecule has 0 saturated heterocycles. The maximum absolute atomic E-state index is 11.4. The zero-order valence-electron chi connectivity index (χ0n) is 9.39. The molecule has 0 fully saturated rings. The number of ether oxygens (including phenoxy) is 2. The number of oxime groups is 1. The van der Waals surface area contributed by atoms with Crippen molar-refractivity contribution in [2.75, 3.05) is 21.3 Å². The highest BCUT2D eigenvalue weighted by molar-refractivity contribution is 6.43. The molecule has 1 aromatic carbocycles. The molecule has 1 rings (SSSR count). The Morgan fingerprint density at radius 2 is 2.00 bits per heavy atom. The number of esters is 1. The molecular formula is C11H13NO4. The number of benzene rings is 1. The van der Waals surface area contributed by atoms with Gasteiger partial charge in [0.05, 0.1) is 14.2 Å². The first-order chi connectivity index (χ1) is 7.72. The Morgan fingerprint density at radius 1 is 1.25 bits per heavy atom. The third kappa shape index (κ3) is 2.73. The van der Waals surface area contributed by atoms with Crippen LogP contribution in [0.1, 0.15) is 5.56 Å². The van der Waals surface area contributed by atoms with Crippen molar-refractivity contribution in [1.82, 2.24) is 0 Å². The Morgan fingerprint density at radius 3 is 2.56 bits per heavy atom. The smallest absolute Gasteiger partial charge is 0.360 e. The van der Waals surface area contributed by atoms with Crippen LogP contribution in [-0.2, 0) is 14.4 Å². The third-order valence-electron chi connectivity index (χ3n) is 1.90. The summed E-state index contributed by atoms with van der Waals surface area (Å²) in [7, 11) is 4.20. The van der Waals surface area contributed by atoms with E-state index in [0.717, 1.165) is 0 Å². The first-order valence-electron chi connectivity index (χ1n) is 4.56. The molecule has 5 nitrogen and oxygen atoms in total. The number of rotatable bonds is 4. The second-order valence-corrected chi connectivity index (χ2v) is 2.85. The summed E-state index contributed by atoms with van der Waals surface area (Å²) in [6.07, 6.45) is 0. The first-order valence-corrected chi connectivity index (χ1v) is 4.56. The molecule has 0 radical (unpaired) electrons. The van der Waals surface area contributed by atoms with Crippen molar-refractivity contribution in [1.29, 1.82) is 0 Å². The van der Waals surface area contributed by atoms with E-state index in [0.29, 0.717) is 11.3 Å². The zero-order valence-corrected chi connectivity index (χ0v) is 9.39. The standard InChI is InChI=1S/C11H13NO4/c1-14-9-6-4-5-8(7-9)10(12-16-3)11(13)15-2/h4-7H,1-3H3/b12-10+. The molecule has 0 aliphatic carbocycles. The molecule has 0 atom stereocenters. The Kier molecular flexibility index (Phi) is 4.32. The van der Waals surface area contributed by atoms with Gasteiger partial charge in [0.1, 0.15) is 12.9 Å². The van der Waals surface area contributed by atoms with E-state index in [2.05, 4.69) is 14.7 Å². The number of methoxy groups -OCH3 is 2. The second-order valence-electron chi connectivity index (χ2n) is 2.85. The van der Waals surface area contributed by atoms with Crippen LogP contribution in [0, 0.1) is 0 Å². The van der Waals surface area contributed by atoms with E-state index in [4.69, 9.17) is 4.74 Å². The van der Waals surface area contributed by atoms with Gasteiger partial charge in [-0.2, -0.15) is 0 Å². The summed E-state index contributed by atoms with van der Waals surface area (Å²) in [5.41, 5.74) is 0.678. The Bertz CT molecular complexity index is 401. The molecule has 0 heterocycles. The van der Waals surface area contributed by atoms with Gasteiger partial charge in [-0.1, -0.05) is 17.3 Å². The van der Waals surface area contributed by atoms with Gasteiger partial charge in [0, 0.05) is 5.56 Å². The predicted molar refractivity (Wildman–Crippen MR) is 58.6 cm³/mol. The van der Waals surface area contributed by atoms with E-state index in [1.54, 1.807) is 31.4 Å². The molecule has 0 unspecified atom stereocenters. The summed E-state index contributed by atoms with van der Waals surface area (Å²) in [5, 5.41) is 3.63. The van der Waals surface area contributed by atoms with E-state index in [9.17, 15) is 4.79 Å². The minimum atomic E-state index is -0.560. The highest BCUT2D eigenvalue weighted by Gasteiger charge is 2.15. The van der Waals surface area contributed by atoms with Crippen LogP contribution < -0.4 is 4.74 Å². The molecule has 1 aromatic rings. The fourth-order valence-corrected chi connectivity index (χ4v) is 1.17. The van der Waals surface area contributed by atoms with E-state index < -0.39 is 5.97 Å². The van der Waals surface area contributed by atoms with Crippen molar-refractivity contribution in [3.05, 3.63) is 29.8 Å². The normalized spacial score (nSPS) is 10.8. The minimum absolute atomic E-state index is 0.101. The number of nitrogens with zero attached hydrogens (tertiary/aromatic N) is 1. The number of hydrogen-bond donors (Lipinski definition) is 0. The molecule has 0 amide bonds. The lowest BCUT2D eigenvalue weighted by Gasteiger charge is -2.05. The highest BCUT2D eigenvalue weighted by atomic mass is 16.6. The van der Waals surface area contributed by atoms with Gasteiger partial charge in [-0.05, 0) is 12.1 Å². The number of carbonyl (C=O) groups is 1. The average molecular weight is 223 g/mol. The lowest BCUT2D eigenvalue weighted by Crippen LogP contribution is -2.17. The van der Waals surface area contributed by atoms with Gasteiger partial charge in [0.25, 0.3) is 0 Å². The van der Waals surface area contributed by atoms with Gasteiger partial charge in [0.2, 0.25) is 0 Å².